The third-order valence-corrected chi connectivity index (χ3v) is 4.20. The zero-order chi connectivity index (χ0) is 21.3. The lowest BCUT2D eigenvalue weighted by Crippen LogP contribution is -2.20. The molecule has 10 heteroatoms. The van der Waals surface area contributed by atoms with Crippen molar-refractivity contribution in [3.05, 3.63) is 58.9 Å². The van der Waals surface area contributed by atoms with Crippen molar-refractivity contribution in [2.75, 3.05) is 19.0 Å². The lowest BCUT2D eigenvalue weighted by molar-refractivity contribution is -0.133. The van der Waals surface area contributed by atoms with Crippen LogP contribution < -0.4 is 10.1 Å². The summed E-state index contributed by atoms with van der Waals surface area (Å²) in [5, 5.41) is 10.7. The fourth-order valence-corrected chi connectivity index (χ4v) is 2.81. The van der Waals surface area contributed by atoms with Crippen LogP contribution in [0.4, 0.5) is 23.2 Å². The second-order valence-electron chi connectivity index (χ2n) is 5.90. The van der Waals surface area contributed by atoms with Gasteiger partial charge in [-0.1, -0.05) is 12.1 Å². The lowest BCUT2D eigenvalue weighted by atomic mass is 10.0. The summed E-state index contributed by atoms with van der Waals surface area (Å²) in [6, 6.07) is 5.23. The minimum Gasteiger partial charge on any atom is -0.497 e. The summed E-state index contributed by atoms with van der Waals surface area (Å²) in [5.74, 6) is -10.5. The second kappa shape index (κ2) is 7.82. The van der Waals surface area contributed by atoms with Crippen molar-refractivity contribution in [2.45, 2.75) is 6.42 Å². The van der Waals surface area contributed by atoms with Crippen LogP contribution in [-0.4, -0.2) is 30.7 Å². The molecule has 2 N–H and O–H groups in total. The van der Waals surface area contributed by atoms with Gasteiger partial charge in [0.05, 0.1) is 24.9 Å². The molecule has 3 rings (SSSR count). The molecule has 0 aliphatic carbocycles. The van der Waals surface area contributed by atoms with Gasteiger partial charge in [-0.05, 0) is 17.7 Å². The SMILES string of the molecule is COc1cccc(-c2c(F)c(F)c(NC(=O)C3=C(C(=O)O)CCO3)c(F)c2F)c1. The first-order valence-corrected chi connectivity index (χ1v) is 8.17. The average Bonchev–Trinajstić information content (AvgIpc) is 3.20. The molecule has 29 heavy (non-hydrogen) atoms. The number of methoxy groups -OCH3 is 1. The number of carbonyl (C=O) groups excluding carboxylic acids is 1. The van der Waals surface area contributed by atoms with Gasteiger partial charge >= 0.3 is 5.97 Å². The molecule has 2 aromatic rings. The molecule has 0 atom stereocenters. The number of carboxylic acid groups (broad SMARTS) is 1. The molecule has 1 heterocycles. The molecule has 0 bridgehead atoms. The molecule has 0 radical (unpaired) electrons. The van der Waals surface area contributed by atoms with Crippen LogP contribution in [0.5, 0.6) is 5.75 Å². The van der Waals surface area contributed by atoms with Crippen molar-refractivity contribution < 1.29 is 41.7 Å². The molecule has 0 spiro atoms. The Morgan fingerprint density at radius 1 is 1.10 bits per heavy atom. The Hall–Kier alpha value is -3.56. The smallest absolute Gasteiger partial charge is 0.335 e. The number of carboxylic acids is 1. The number of benzene rings is 2. The first-order valence-electron chi connectivity index (χ1n) is 8.17. The number of hydrogen-bond acceptors (Lipinski definition) is 4. The van der Waals surface area contributed by atoms with Crippen LogP contribution in [0.1, 0.15) is 6.42 Å². The number of aliphatic carboxylic acids is 1. The summed E-state index contributed by atoms with van der Waals surface area (Å²) in [5.41, 5.74) is -2.99. The highest BCUT2D eigenvalue weighted by molar-refractivity contribution is 6.08. The van der Waals surface area contributed by atoms with Gasteiger partial charge in [-0.15, -0.1) is 0 Å². The van der Waals surface area contributed by atoms with Crippen molar-refractivity contribution in [3.8, 4) is 16.9 Å². The number of carbonyl (C=O) groups is 2. The Morgan fingerprint density at radius 2 is 1.76 bits per heavy atom. The van der Waals surface area contributed by atoms with Gasteiger partial charge < -0.3 is 19.9 Å². The van der Waals surface area contributed by atoms with Gasteiger partial charge in [0.1, 0.15) is 11.4 Å². The highest BCUT2D eigenvalue weighted by Gasteiger charge is 2.32. The number of ether oxygens (including phenoxy) is 2. The summed E-state index contributed by atoms with van der Waals surface area (Å²) in [4.78, 5) is 23.2. The third-order valence-electron chi connectivity index (χ3n) is 4.20. The van der Waals surface area contributed by atoms with Crippen LogP contribution in [0.3, 0.4) is 0 Å². The molecule has 1 aliphatic heterocycles. The second-order valence-corrected chi connectivity index (χ2v) is 5.90. The third kappa shape index (κ3) is 3.60. The maximum absolute atomic E-state index is 14.5. The fourth-order valence-electron chi connectivity index (χ4n) is 2.81. The Bertz CT molecular complexity index is 1020. The summed E-state index contributed by atoms with van der Waals surface area (Å²) in [6.07, 6.45) is -0.111. The van der Waals surface area contributed by atoms with E-state index in [9.17, 15) is 27.2 Å². The zero-order valence-electron chi connectivity index (χ0n) is 14.8. The van der Waals surface area contributed by atoms with Crippen LogP contribution >= 0.6 is 0 Å². The summed E-state index contributed by atoms with van der Waals surface area (Å²) < 4.78 is 67.8. The van der Waals surface area contributed by atoms with E-state index < -0.39 is 57.7 Å². The quantitative estimate of drug-likeness (QED) is 0.580. The van der Waals surface area contributed by atoms with Crippen molar-refractivity contribution >= 4 is 17.6 Å². The molecule has 0 fully saturated rings. The molecule has 1 aliphatic rings. The van der Waals surface area contributed by atoms with E-state index in [1.54, 1.807) is 5.32 Å². The molecule has 152 valence electrons. The molecule has 0 unspecified atom stereocenters. The van der Waals surface area contributed by atoms with E-state index in [-0.39, 0.29) is 24.3 Å². The molecular formula is C19H13F4NO5. The zero-order valence-corrected chi connectivity index (χ0v) is 14.8. The van der Waals surface area contributed by atoms with Gasteiger partial charge in [-0.2, -0.15) is 0 Å². The summed E-state index contributed by atoms with van der Waals surface area (Å²) in [6.45, 7) is -0.132. The molecule has 0 saturated carbocycles. The molecular weight excluding hydrogens is 398 g/mol. The van der Waals surface area contributed by atoms with Crippen LogP contribution in [0, 0.1) is 23.3 Å². The highest BCUT2D eigenvalue weighted by atomic mass is 19.2. The van der Waals surface area contributed by atoms with Gasteiger partial charge in [0.2, 0.25) is 0 Å². The average molecular weight is 411 g/mol. The Labute approximate surface area is 161 Å². The van der Waals surface area contributed by atoms with E-state index in [1.165, 1.54) is 31.4 Å². The minimum absolute atomic E-state index is 0.111. The van der Waals surface area contributed by atoms with Crippen molar-refractivity contribution in [1.29, 1.82) is 0 Å². The summed E-state index contributed by atoms with van der Waals surface area (Å²) >= 11 is 0. The van der Waals surface area contributed by atoms with Crippen molar-refractivity contribution in [2.24, 2.45) is 0 Å². The standard InChI is InChI=1S/C19H13F4NO5/c1-28-9-4-2-3-8(7-9)11-12(20)14(22)16(15(23)13(11)21)24-18(25)17-10(19(26)27)5-6-29-17/h2-4,7H,5-6H2,1H3,(H,24,25)(H,26,27). The largest absolute Gasteiger partial charge is 0.497 e. The maximum atomic E-state index is 14.5. The number of amides is 1. The van der Waals surface area contributed by atoms with Gasteiger partial charge in [0, 0.05) is 6.42 Å². The predicted molar refractivity (Wildman–Crippen MR) is 92.1 cm³/mol. The number of rotatable bonds is 5. The summed E-state index contributed by atoms with van der Waals surface area (Å²) in [7, 11) is 1.30. The van der Waals surface area contributed by atoms with Crippen molar-refractivity contribution in [3.63, 3.8) is 0 Å². The fraction of sp³-hybridized carbons (Fsp3) is 0.158. The maximum Gasteiger partial charge on any atom is 0.335 e. The van der Waals surface area contributed by atoms with Gasteiger partial charge in [-0.25, -0.2) is 22.4 Å². The van der Waals surface area contributed by atoms with E-state index in [4.69, 9.17) is 14.6 Å². The molecule has 0 aromatic heterocycles. The van der Waals surface area contributed by atoms with Crippen LogP contribution in [0.2, 0.25) is 0 Å². The lowest BCUT2D eigenvalue weighted by Gasteiger charge is -2.14. The van der Waals surface area contributed by atoms with Gasteiger partial charge in [-0.3, -0.25) is 4.79 Å². The number of halogens is 4. The molecule has 2 aromatic carbocycles. The molecule has 0 saturated heterocycles. The Kier molecular flexibility index (Phi) is 5.44. The normalized spacial score (nSPS) is 13.3. The van der Waals surface area contributed by atoms with E-state index in [0.29, 0.717) is 0 Å². The Balaban J connectivity index is 2.05. The topological polar surface area (TPSA) is 84.9 Å². The van der Waals surface area contributed by atoms with Gasteiger partial charge in [0.15, 0.2) is 29.0 Å². The monoisotopic (exact) mass is 411 g/mol. The first kappa shape index (κ1) is 20.2. The van der Waals surface area contributed by atoms with Crippen molar-refractivity contribution in [1.82, 2.24) is 0 Å². The minimum atomic E-state index is -1.86. The van der Waals surface area contributed by atoms with E-state index in [1.807, 2.05) is 0 Å². The highest BCUT2D eigenvalue weighted by Crippen LogP contribution is 2.36. The molecule has 1 amide bonds. The van der Waals surface area contributed by atoms with E-state index in [0.717, 1.165) is 0 Å². The number of anilines is 1. The number of hydrogen-bond donors (Lipinski definition) is 2. The van der Waals surface area contributed by atoms with Crippen LogP contribution in [0.25, 0.3) is 11.1 Å². The van der Waals surface area contributed by atoms with E-state index in [2.05, 4.69) is 0 Å². The van der Waals surface area contributed by atoms with Crippen LogP contribution in [0.15, 0.2) is 35.6 Å². The van der Waals surface area contributed by atoms with E-state index >= 15 is 0 Å². The Morgan fingerprint density at radius 3 is 2.34 bits per heavy atom. The first-order chi connectivity index (χ1) is 13.8. The predicted octanol–water partition coefficient (Wildman–Crippen LogP) is 3.62. The van der Waals surface area contributed by atoms with Crippen LogP contribution in [-0.2, 0) is 14.3 Å². The number of nitrogens with one attached hydrogen (secondary N) is 1. The molecule has 6 nitrogen and oxygen atoms in total. The van der Waals surface area contributed by atoms with Gasteiger partial charge in [0.25, 0.3) is 5.91 Å².